The van der Waals surface area contributed by atoms with Crippen LogP contribution in [0, 0.1) is 23.5 Å². The summed E-state index contributed by atoms with van der Waals surface area (Å²) >= 11 is 0. The first-order valence-electron chi connectivity index (χ1n) is 9.66. The summed E-state index contributed by atoms with van der Waals surface area (Å²) in [5.74, 6) is 4.30. The van der Waals surface area contributed by atoms with E-state index in [4.69, 9.17) is 0 Å². The molecule has 0 bridgehead atoms. The van der Waals surface area contributed by atoms with Crippen molar-refractivity contribution in [2.45, 2.75) is 45.4 Å². The Kier molecular flexibility index (Phi) is 6.60. The number of unbranched alkanes of at least 4 members (excludes halogenated alkanes) is 4. The molecule has 138 valence electrons. The summed E-state index contributed by atoms with van der Waals surface area (Å²) in [6.45, 7) is 2.23. The standard InChI is InChI=1S/C25H24F2/c1-2-3-4-5-6-8-19-12-15-23-21(9-7-10-22(23)17-19)14-11-20-13-16-24(26)25(27)18-20/h7,9-10,12-13,15-18H,2-6,8H2,1H3. The normalized spacial score (nSPS) is 10.6. The van der Waals surface area contributed by atoms with E-state index in [2.05, 4.69) is 43.0 Å². The third kappa shape index (κ3) is 5.17. The highest BCUT2D eigenvalue weighted by Crippen LogP contribution is 2.21. The van der Waals surface area contributed by atoms with Crippen LogP contribution >= 0.6 is 0 Å². The van der Waals surface area contributed by atoms with Crippen molar-refractivity contribution in [1.82, 2.24) is 0 Å². The van der Waals surface area contributed by atoms with Crippen LogP contribution in [0.2, 0.25) is 0 Å². The highest BCUT2D eigenvalue weighted by Gasteiger charge is 2.02. The maximum Gasteiger partial charge on any atom is 0.160 e. The molecule has 0 heterocycles. The van der Waals surface area contributed by atoms with Gasteiger partial charge in [0.25, 0.3) is 0 Å². The predicted octanol–water partition coefficient (Wildman–Crippen LogP) is 7.03. The van der Waals surface area contributed by atoms with Crippen molar-refractivity contribution in [2.24, 2.45) is 0 Å². The average Bonchev–Trinajstić information content (AvgIpc) is 2.68. The maximum atomic E-state index is 13.3. The summed E-state index contributed by atoms with van der Waals surface area (Å²) < 4.78 is 26.4. The highest BCUT2D eigenvalue weighted by molar-refractivity contribution is 5.88. The van der Waals surface area contributed by atoms with Gasteiger partial charge in [-0.2, -0.15) is 0 Å². The second-order valence-electron chi connectivity index (χ2n) is 6.90. The molecule has 0 unspecified atom stereocenters. The SMILES string of the molecule is CCCCCCCc1ccc2c(C#Cc3ccc(F)c(F)c3)cccc2c1. The van der Waals surface area contributed by atoms with Gasteiger partial charge in [-0.25, -0.2) is 8.78 Å². The lowest BCUT2D eigenvalue weighted by atomic mass is 9.99. The smallest absolute Gasteiger partial charge is 0.160 e. The van der Waals surface area contributed by atoms with Gasteiger partial charge in [-0.3, -0.25) is 0 Å². The van der Waals surface area contributed by atoms with E-state index < -0.39 is 11.6 Å². The Hall–Kier alpha value is -2.66. The van der Waals surface area contributed by atoms with Gasteiger partial charge in [0.1, 0.15) is 0 Å². The molecule has 0 spiro atoms. The van der Waals surface area contributed by atoms with Crippen molar-refractivity contribution in [3.63, 3.8) is 0 Å². The molecule has 0 radical (unpaired) electrons. The lowest BCUT2D eigenvalue weighted by Crippen LogP contribution is -1.88. The molecule has 0 aliphatic rings. The van der Waals surface area contributed by atoms with Crippen molar-refractivity contribution >= 4 is 10.8 Å². The molecule has 3 aromatic rings. The van der Waals surface area contributed by atoms with Gasteiger partial charge in [-0.15, -0.1) is 0 Å². The van der Waals surface area contributed by atoms with Crippen LogP contribution in [0.25, 0.3) is 10.8 Å². The second-order valence-corrected chi connectivity index (χ2v) is 6.90. The van der Waals surface area contributed by atoms with Crippen molar-refractivity contribution in [3.8, 4) is 11.8 Å². The molecule has 0 atom stereocenters. The molecule has 0 aliphatic carbocycles. The Balaban J connectivity index is 1.77. The van der Waals surface area contributed by atoms with E-state index in [0.29, 0.717) is 5.56 Å². The minimum atomic E-state index is -0.872. The van der Waals surface area contributed by atoms with Crippen LogP contribution in [0.3, 0.4) is 0 Å². The van der Waals surface area contributed by atoms with Gasteiger partial charge in [0.2, 0.25) is 0 Å². The number of hydrogen-bond acceptors (Lipinski definition) is 0. The Bertz CT molecular complexity index is 977. The van der Waals surface area contributed by atoms with Gasteiger partial charge >= 0.3 is 0 Å². The zero-order valence-electron chi connectivity index (χ0n) is 15.7. The minimum absolute atomic E-state index is 0.467. The van der Waals surface area contributed by atoms with E-state index in [1.807, 2.05) is 12.1 Å². The fourth-order valence-electron chi connectivity index (χ4n) is 3.24. The van der Waals surface area contributed by atoms with Crippen molar-refractivity contribution < 1.29 is 8.78 Å². The summed E-state index contributed by atoms with van der Waals surface area (Å²) in [6.07, 6.45) is 7.51. The lowest BCUT2D eigenvalue weighted by Gasteiger charge is -2.06. The number of hydrogen-bond donors (Lipinski definition) is 0. The molecular weight excluding hydrogens is 338 g/mol. The first-order chi connectivity index (χ1) is 13.2. The largest absolute Gasteiger partial charge is 0.204 e. The number of aryl methyl sites for hydroxylation is 1. The van der Waals surface area contributed by atoms with Gasteiger partial charge < -0.3 is 0 Å². The molecular formula is C25H24F2. The molecule has 0 fully saturated rings. The minimum Gasteiger partial charge on any atom is -0.204 e. The molecule has 0 nitrogen and oxygen atoms in total. The van der Waals surface area contributed by atoms with Gasteiger partial charge in [-0.05, 0) is 53.4 Å². The number of halogens is 2. The van der Waals surface area contributed by atoms with Gasteiger partial charge in [0.05, 0.1) is 0 Å². The predicted molar refractivity (Wildman–Crippen MR) is 109 cm³/mol. The Labute approximate surface area is 160 Å². The molecule has 3 rings (SSSR count). The third-order valence-corrected chi connectivity index (χ3v) is 4.77. The Morgan fingerprint density at radius 3 is 2.44 bits per heavy atom. The summed E-state index contributed by atoms with van der Waals surface area (Å²) in [5, 5.41) is 2.25. The first-order valence-corrected chi connectivity index (χ1v) is 9.66. The topological polar surface area (TPSA) is 0 Å². The summed E-state index contributed by atoms with van der Waals surface area (Å²) in [7, 11) is 0. The molecule has 0 aromatic heterocycles. The quantitative estimate of drug-likeness (QED) is 0.326. The van der Waals surface area contributed by atoms with Gasteiger partial charge in [0.15, 0.2) is 11.6 Å². The zero-order chi connectivity index (χ0) is 19.1. The van der Waals surface area contributed by atoms with Crippen LogP contribution in [0.15, 0.2) is 54.6 Å². The van der Waals surface area contributed by atoms with E-state index in [-0.39, 0.29) is 0 Å². The fourth-order valence-corrected chi connectivity index (χ4v) is 3.24. The molecule has 0 N–H and O–H groups in total. The monoisotopic (exact) mass is 362 g/mol. The molecule has 0 saturated carbocycles. The van der Waals surface area contributed by atoms with E-state index in [1.165, 1.54) is 43.7 Å². The van der Waals surface area contributed by atoms with E-state index in [0.717, 1.165) is 34.9 Å². The molecule has 0 saturated heterocycles. The summed E-state index contributed by atoms with van der Waals surface area (Å²) in [4.78, 5) is 0. The maximum absolute atomic E-state index is 13.3. The van der Waals surface area contributed by atoms with Crippen LogP contribution in [0.4, 0.5) is 8.78 Å². The Morgan fingerprint density at radius 1 is 0.778 bits per heavy atom. The van der Waals surface area contributed by atoms with Crippen molar-refractivity contribution in [3.05, 3.63) is 82.9 Å². The fraction of sp³-hybridized carbons (Fsp3) is 0.280. The average molecular weight is 362 g/mol. The second kappa shape index (κ2) is 9.33. The highest BCUT2D eigenvalue weighted by atomic mass is 19.2. The van der Waals surface area contributed by atoms with Gasteiger partial charge in [0, 0.05) is 11.1 Å². The molecule has 27 heavy (non-hydrogen) atoms. The van der Waals surface area contributed by atoms with Crippen LogP contribution in [0.1, 0.15) is 55.7 Å². The molecule has 0 aliphatic heterocycles. The molecule has 0 amide bonds. The van der Waals surface area contributed by atoms with E-state index in [1.54, 1.807) is 0 Å². The number of rotatable bonds is 6. The van der Waals surface area contributed by atoms with Crippen LogP contribution in [0.5, 0.6) is 0 Å². The van der Waals surface area contributed by atoms with Crippen LogP contribution < -0.4 is 0 Å². The van der Waals surface area contributed by atoms with E-state index in [9.17, 15) is 8.78 Å². The van der Waals surface area contributed by atoms with Crippen LogP contribution in [-0.2, 0) is 6.42 Å². The van der Waals surface area contributed by atoms with E-state index >= 15 is 0 Å². The lowest BCUT2D eigenvalue weighted by molar-refractivity contribution is 0.508. The summed E-state index contributed by atoms with van der Waals surface area (Å²) in [6, 6.07) is 16.3. The number of fused-ring (bicyclic) bond motifs is 1. The van der Waals surface area contributed by atoms with Crippen molar-refractivity contribution in [1.29, 1.82) is 0 Å². The zero-order valence-corrected chi connectivity index (χ0v) is 15.7. The van der Waals surface area contributed by atoms with Gasteiger partial charge in [-0.1, -0.05) is 74.8 Å². The number of benzene rings is 3. The Morgan fingerprint density at radius 2 is 1.63 bits per heavy atom. The summed E-state index contributed by atoms with van der Waals surface area (Å²) in [5.41, 5.74) is 2.71. The van der Waals surface area contributed by atoms with Crippen LogP contribution in [-0.4, -0.2) is 0 Å². The third-order valence-electron chi connectivity index (χ3n) is 4.77. The first kappa shape index (κ1) is 19.1. The molecule has 2 heteroatoms. The van der Waals surface area contributed by atoms with Crippen molar-refractivity contribution in [2.75, 3.05) is 0 Å². The molecule has 3 aromatic carbocycles.